The predicted molar refractivity (Wildman–Crippen MR) is 115 cm³/mol. The van der Waals surface area contributed by atoms with E-state index >= 15 is 0 Å². The Hall–Kier alpha value is -3.45. The van der Waals surface area contributed by atoms with Crippen molar-refractivity contribution in [3.8, 4) is 17.1 Å². The molecule has 29 heavy (non-hydrogen) atoms. The Bertz CT molecular complexity index is 1100. The molecule has 0 unspecified atom stereocenters. The van der Waals surface area contributed by atoms with Gasteiger partial charge in [0.1, 0.15) is 5.82 Å². The van der Waals surface area contributed by atoms with Gasteiger partial charge in [-0.2, -0.15) is 0 Å². The van der Waals surface area contributed by atoms with E-state index in [2.05, 4.69) is 20.5 Å². The van der Waals surface area contributed by atoms with Crippen LogP contribution in [0.3, 0.4) is 0 Å². The summed E-state index contributed by atoms with van der Waals surface area (Å²) in [5, 5.41) is 12.2. The van der Waals surface area contributed by atoms with Crippen LogP contribution in [0.1, 0.15) is 5.56 Å². The highest BCUT2D eigenvalue weighted by molar-refractivity contribution is 7.99. The highest BCUT2D eigenvalue weighted by Gasteiger charge is 2.17. The normalized spacial score (nSPS) is 10.7. The Morgan fingerprint density at radius 2 is 1.72 bits per heavy atom. The molecule has 7 heteroatoms. The van der Waals surface area contributed by atoms with Gasteiger partial charge in [0.05, 0.1) is 5.75 Å². The van der Waals surface area contributed by atoms with Crippen LogP contribution in [0.4, 0.5) is 5.82 Å². The van der Waals surface area contributed by atoms with Crippen LogP contribution in [0.2, 0.25) is 0 Å². The number of nitrogens with zero attached hydrogens (tertiary/aromatic N) is 4. The molecule has 0 aliphatic carbocycles. The number of nitrogens with one attached hydrogen (secondary N) is 1. The number of amides is 1. The van der Waals surface area contributed by atoms with Gasteiger partial charge in [-0.3, -0.25) is 9.36 Å². The zero-order valence-corrected chi connectivity index (χ0v) is 16.6. The van der Waals surface area contributed by atoms with E-state index in [1.165, 1.54) is 17.3 Å². The molecule has 0 aliphatic rings. The lowest BCUT2D eigenvalue weighted by atomic mass is 10.1. The molecule has 0 saturated heterocycles. The lowest BCUT2D eigenvalue weighted by Crippen LogP contribution is -2.15. The molecule has 6 nitrogen and oxygen atoms in total. The van der Waals surface area contributed by atoms with E-state index in [0.29, 0.717) is 11.0 Å². The van der Waals surface area contributed by atoms with E-state index in [9.17, 15) is 4.79 Å². The first kappa shape index (κ1) is 18.9. The van der Waals surface area contributed by atoms with E-state index in [4.69, 9.17) is 0 Å². The SMILES string of the molecule is Cc1ccc(-c2nnc(SCC(=O)Nc3ccccn3)n2-c2ccccc2)cc1. The van der Waals surface area contributed by atoms with Crippen LogP contribution in [0.5, 0.6) is 0 Å². The van der Waals surface area contributed by atoms with Gasteiger partial charge in [0, 0.05) is 17.4 Å². The quantitative estimate of drug-likeness (QED) is 0.486. The Morgan fingerprint density at radius 3 is 2.45 bits per heavy atom. The van der Waals surface area contributed by atoms with Crippen LogP contribution < -0.4 is 5.32 Å². The van der Waals surface area contributed by atoms with Crippen molar-refractivity contribution in [2.75, 3.05) is 11.1 Å². The van der Waals surface area contributed by atoms with Gasteiger partial charge in [0.25, 0.3) is 0 Å². The average molecular weight is 401 g/mol. The van der Waals surface area contributed by atoms with E-state index in [1.807, 2.05) is 72.2 Å². The molecule has 1 amide bonds. The summed E-state index contributed by atoms with van der Waals surface area (Å²) in [6.07, 6.45) is 1.64. The fourth-order valence-corrected chi connectivity index (χ4v) is 3.56. The highest BCUT2D eigenvalue weighted by atomic mass is 32.2. The van der Waals surface area contributed by atoms with Crippen molar-refractivity contribution in [1.82, 2.24) is 19.7 Å². The lowest BCUT2D eigenvalue weighted by molar-refractivity contribution is -0.113. The second-order valence-corrected chi connectivity index (χ2v) is 7.34. The molecule has 0 aliphatic heterocycles. The molecular formula is C22H19N5OS. The van der Waals surface area contributed by atoms with Gasteiger partial charge in [-0.05, 0) is 31.2 Å². The van der Waals surface area contributed by atoms with Crippen molar-refractivity contribution in [3.63, 3.8) is 0 Å². The minimum Gasteiger partial charge on any atom is -0.310 e. The minimum absolute atomic E-state index is 0.145. The Kier molecular flexibility index (Phi) is 5.67. The van der Waals surface area contributed by atoms with Gasteiger partial charge in [0.2, 0.25) is 5.91 Å². The molecule has 0 spiro atoms. The number of hydrogen-bond acceptors (Lipinski definition) is 5. The molecule has 2 aromatic heterocycles. The summed E-state index contributed by atoms with van der Waals surface area (Å²) in [6.45, 7) is 2.05. The third-order valence-corrected chi connectivity index (χ3v) is 5.15. The first-order chi connectivity index (χ1) is 14.2. The topological polar surface area (TPSA) is 72.7 Å². The van der Waals surface area contributed by atoms with Crippen LogP contribution >= 0.6 is 11.8 Å². The van der Waals surface area contributed by atoms with Crippen molar-refractivity contribution in [2.24, 2.45) is 0 Å². The van der Waals surface area contributed by atoms with E-state index in [-0.39, 0.29) is 11.7 Å². The standard InChI is InChI=1S/C22H19N5OS/c1-16-10-12-17(13-11-16)21-25-26-22(27(21)18-7-3-2-4-8-18)29-15-20(28)24-19-9-5-6-14-23-19/h2-14H,15H2,1H3,(H,23,24,28). The largest absolute Gasteiger partial charge is 0.310 e. The third kappa shape index (κ3) is 4.52. The van der Waals surface area contributed by atoms with Gasteiger partial charge >= 0.3 is 0 Å². The molecule has 0 atom stereocenters. The predicted octanol–water partition coefficient (Wildman–Crippen LogP) is 4.37. The number of carbonyl (C=O) groups is 1. The monoisotopic (exact) mass is 401 g/mol. The maximum atomic E-state index is 12.3. The van der Waals surface area contributed by atoms with E-state index in [1.54, 1.807) is 18.3 Å². The Labute approximate surface area is 173 Å². The number of para-hydroxylation sites is 1. The fraction of sp³-hybridized carbons (Fsp3) is 0.0909. The van der Waals surface area contributed by atoms with Crippen LogP contribution in [-0.4, -0.2) is 31.4 Å². The van der Waals surface area contributed by atoms with Gasteiger partial charge in [-0.15, -0.1) is 10.2 Å². The number of anilines is 1. The smallest absolute Gasteiger partial charge is 0.236 e. The van der Waals surface area contributed by atoms with Crippen molar-refractivity contribution >= 4 is 23.5 Å². The molecule has 2 aromatic carbocycles. The van der Waals surface area contributed by atoms with Crippen LogP contribution in [0.15, 0.2) is 84.1 Å². The van der Waals surface area contributed by atoms with Crippen LogP contribution in [-0.2, 0) is 4.79 Å². The first-order valence-electron chi connectivity index (χ1n) is 9.12. The molecule has 0 fully saturated rings. The Morgan fingerprint density at radius 1 is 0.966 bits per heavy atom. The summed E-state index contributed by atoms with van der Waals surface area (Å²) in [5.41, 5.74) is 3.10. The van der Waals surface area contributed by atoms with Crippen molar-refractivity contribution in [3.05, 3.63) is 84.6 Å². The lowest BCUT2D eigenvalue weighted by Gasteiger charge is -2.10. The van der Waals surface area contributed by atoms with Crippen LogP contribution in [0, 0.1) is 6.92 Å². The number of aromatic nitrogens is 4. The van der Waals surface area contributed by atoms with Gasteiger partial charge < -0.3 is 5.32 Å². The molecule has 0 saturated carbocycles. The van der Waals surface area contributed by atoms with Crippen LogP contribution in [0.25, 0.3) is 17.1 Å². The number of rotatable bonds is 6. The number of thioether (sulfide) groups is 1. The maximum Gasteiger partial charge on any atom is 0.236 e. The van der Waals surface area contributed by atoms with E-state index in [0.717, 1.165) is 17.1 Å². The summed E-state index contributed by atoms with van der Waals surface area (Å²) >= 11 is 1.34. The van der Waals surface area contributed by atoms with Crippen molar-refractivity contribution < 1.29 is 4.79 Å². The molecule has 4 rings (SSSR count). The number of benzene rings is 2. The summed E-state index contributed by atoms with van der Waals surface area (Å²) in [5.74, 6) is 1.33. The van der Waals surface area contributed by atoms with Gasteiger partial charge in [-0.25, -0.2) is 4.98 Å². The van der Waals surface area contributed by atoms with Gasteiger partial charge in [-0.1, -0.05) is 65.9 Å². The third-order valence-electron chi connectivity index (χ3n) is 4.22. The number of hydrogen-bond donors (Lipinski definition) is 1. The minimum atomic E-state index is -0.145. The number of pyridine rings is 1. The summed E-state index contributed by atoms with van der Waals surface area (Å²) in [4.78, 5) is 16.4. The molecule has 1 N–H and O–H groups in total. The molecular weight excluding hydrogens is 382 g/mol. The zero-order valence-electron chi connectivity index (χ0n) is 15.8. The number of carbonyl (C=O) groups excluding carboxylic acids is 1. The molecule has 2 heterocycles. The molecule has 4 aromatic rings. The van der Waals surface area contributed by atoms with Crippen molar-refractivity contribution in [2.45, 2.75) is 12.1 Å². The molecule has 144 valence electrons. The van der Waals surface area contributed by atoms with Gasteiger partial charge in [0.15, 0.2) is 11.0 Å². The summed E-state index contributed by atoms with van der Waals surface area (Å²) in [7, 11) is 0. The second kappa shape index (κ2) is 8.70. The Balaban J connectivity index is 1.60. The maximum absolute atomic E-state index is 12.3. The second-order valence-electron chi connectivity index (χ2n) is 6.39. The average Bonchev–Trinajstić information content (AvgIpc) is 3.18. The first-order valence-corrected chi connectivity index (χ1v) is 10.1. The van der Waals surface area contributed by atoms with E-state index < -0.39 is 0 Å². The zero-order chi connectivity index (χ0) is 20.1. The summed E-state index contributed by atoms with van der Waals surface area (Å²) in [6, 6.07) is 23.4. The highest BCUT2D eigenvalue weighted by Crippen LogP contribution is 2.28. The summed E-state index contributed by atoms with van der Waals surface area (Å²) < 4.78 is 1.98. The molecule has 0 bridgehead atoms. The number of aryl methyl sites for hydroxylation is 1. The van der Waals surface area contributed by atoms with Crippen molar-refractivity contribution in [1.29, 1.82) is 0 Å². The fourth-order valence-electron chi connectivity index (χ4n) is 2.81. The molecule has 0 radical (unpaired) electrons.